The molecule has 3 N–H and O–H groups in total. The third-order valence-corrected chi connectivity index (χ3v) is 3.12. The average molecular weight is 294 g/mol. The van der Waals surface area contributed by atoms with Gasteiger partial charge < -0.3 is 20.5 Å². The van der Waals surface area contributed by atoms with Crippen LogP contribution < -0.4 is 15.8 Å². The fraction of sp³-hybridized carbons (Fsp3) is 0.467. The molecule has 1 amide bonds. The van der Waals surface area contributed by atoms with Gasteiger partial charge in [-0.3, -0.25) is 4.79 Å². The first kappa shape index (κ1) is 16.8. The first-order chi connectivity index (χ1) is 9.88. The molecule has 0 radical (unpaired) electrons. The Morgan fingerprint density at radius 2 is 2.00 bits per heavy atom. The van der Waals surface area contributed by atoms with Gasteiger partial charge in [0.2, 0.25) is 0 Å². The third-order valence-electron chi connectivity index (χ3n) is 3.12. The molecule has 2 atom stereocenters. The first-order valence-electron chi connectivity index (χ1n) is 6.83. The Balaban J connectivity index is 2.68. The maximum absolute atomic E-state index is 12.0. The van der Waals surface area contributed by atoms with Crippen molar-refractivity contribution in [3.63, 3.8) is 0 Å². The van der Waals surface area contributed by atoms with Gasteiger partial charge in [-0.05, 0) is 38.5 Å². The first-order valence-corrected chi connectivity index (χ1v) is 6.83. The lowest BCUT2D eigenvalue weighted by atomic mass is 10.2. The number of nitrogens with two attached hydrogens (primary N) is 1. The van der Waals surface area contributed by atoms with Gasteiger partial charge in [-0.2, -0.15) is 0 Å². The van der Waals surface area contributed by atoms with E-state index in [1.807, 2.05) is 13.8 Å². The number of methoxy groups -OCH3 is 1. The number of hydrogen-bond donors (Lipinski definition) is 2. The van der Waals surface area contributed by atoms with Crippen LogP contribution in [-0.2, 0) is 9.53 Å². The van der Waals surface area contributed by atoms with E-state index in [9.17, 15) is 9.59 Å². The highest BCUT2D eigenvalue weighted by molar-refractivity contribution is 5.93. The summed E-state index contributed by atoms with van der Waals surface area (Å²) in [6.07, 6.45) is -0.0589. The van der Waals surface area contributed by atoms with Gasteiger partial charge in [0.1, 0.15) is 5.75 Å². The van der Waals surface area contributed by atoms with Crippen LogP contribution in [0.4, 0.5) is 5.69 Å². The van der Waals surface area contributed by atoms with Crippen LogP contribution in [0.15, 0.2) is 18.2 Å². The molecule has 6 nitrogen and oxygen atoms in total. The number of benzene rings is 1. The maximum atomic E-state index is 12.0. The van der Waals surface area contributed by atoms with Crippen molar-refractivity contribution in [1.29, 1.82) is 0 Å². The summed E-state index contributed by atoms with van der Waals surface area (Å²) in [4.78, 5) is 23.8. The van der Waals surface area contributed by atoms with Gasteiger partial charge in [0.15, 0.2) is 6.10 Å². The molecule has 0 fully saturated rings. The van der Waals surface area contributed by atoms with Crippen LogP contribution in [0, 0.1) is 0 Å². The van der Waals surface area contributed by atoms with Crippen LogP contribution in [0.25, 0.3) is 0 Å². The SMILES string of the molecule is CCC(C)NC(=O)C(C)OC(=O)c1ccc(OC)c(N)c1. The zero-order chi connectivity index (χ0) is 16.0. The predicted molar refractivity (Wildman–Crippen MR) is 80.2 cm³/mol. The molecular formula is C15H22N2O4. The minimum atomic E-state index is -0.866. The predicted octanol–water partition coefficient (Wildman–Crippen LogP) is 1.74. The number of ether oxygens (including phenoxy) is 2. The highest BCUT2D eigenvalue weighted by atomic mass is 16.5. The van der Waals surface area contributed by atoms with E-state index in [0.717, 1.165) is 6.42 Å². The molecule has 1 rings (SSSR count). The fourth-order valence-electron chi connectivity index (χ4n) is 1.61. The standard InChI is InChI=1S/C15H22N2O4/c1-5-9(2)17-14(18)10(3)21-15(19)11-6-7-13(20-4)12(16)8-11/h6-10H,5,16H2,1-4H3,(H,17,18). The number of nitrogens with one attached hydrogen (secondary N) is 1. The second kappa shape index (κ2) is 7.52. The molecule has 0 spiro atoms. The summed E-state index contributed by atoms with van der Waals surface area (Å²) < 4.78 is 10.1. The van der Waals surface area contributed by atoms with Gasteiger partial charge in [0.05, 0.1) is 18.4 Å². The van der Waals surface area contributed by atoms with Crippen molar-refractivity contribution in [3.8, 4) is 5.75 Å². The Kier molecular flexibility index (Phi) is 6.02. The van der Waals surface area contributed by atoms with Crippen LogP contribution in [0.5, 0.6) is 5.75 Å². The van der Waals surface area contributed by atoms with Crippen molar-refractivity contribution >= 4 is 17.6 Å². The lowest BCUT2D eigenvalue weighted by molar-refractivity contribution is -0.129. The van der Waals surface area contributed by atoms with Gasteiger partial charge in [-0.15, -0.1) is 0 Å². The topological polar surface area (TPSA) is 90.6 Å². The largest absolute Gasteiger partial charge is 0.495 e. The summed E-state index contributed by atoms with van der Waals surface area (Å²) in [7, 11) is 1.49. The minimum absolute atomic E-state index is 0.0373. The number of esters is 1. The molecule has 116 valence electrons. The monoisotopic (exact) mass is 294 g/mol. The van der Waals surface area contributed by atoms with Gasteiger partial charge in [0.25, 0.3) is 5.91 Å². The van der Waals surface area contributed by atoms with Crippen LogP contribution in [0.3, 0.4) is 0 Å². The molecule has 0 aliphatic carbocycles. The molecule has 0 aliphatic rings. The third kappa shape index (κ3) is 4.66. The Hall–Kier alpha value is -2.24. The van der Waals surface area contributed by atoms with Crippen LogP contribution in [0.2, 0.25) is 0 Å². The van der Waals surface area contributed by atoms with Crippen LogP contribution in [0.1, 0.15) is 37.6 Å². The number of rotatable bonds is 6. The highest BCUT2D eigenvalue weighted by Gasteiger charge is 2.20. The van der Waals surface area contributed by atoms with E-state index < -0.39 is 12.1 Å². The Bertz CT molecular complexity index is 516. The molecule has 2 unspecified atom stereocenters. The Labute approximate surface area is 124 Å². The lowest BCUT2D eigenvalue weighted by Gasteiger charge is -2.17. The Morgan fingerprint density at radius 3 is 2.52 bits per heavy atom. The molecule has 0 aliphatic heterocycles. The van der Waals surface area contributed by atoms with Crippen molar-refractivity contribution in [3.05, 3.63) is 23.8 Å². The molecule has 1 aromatic carbocycles. The van der Waals surface area contributed by atoms with E-state index in [2.05, 4.69) is 5.32 Å². The molecule has 21 heavy (non-hydrogen) atoms. The van der Waals surface area contributed by atoms with Crippen LogP contribution in [-0.4, -0.2) is 31.1 Å². The van der Waals surface area contributed by atoms with Gasteiger partial charge >= 0.3 is 5.97 Å². The number of carbonyl (C=O) groups is 2. The second-order valence-corrected chi connectivity index (χ2v) is 4.82. The molecule has 0 saturated carbocycles. The smallest absolute Gasteiger partial charge is 0.338 e. The highest BCUT2D eigenvalue weighted by Crippen LogP contribution is 2.22. The molecule has 0 saturated heterocycles. The fourth-order valence-corrected chi connectivity index (χ4v) is 1.61. The van der Waals surface area contributed by atoms with E-state index in [1.165, 1.54) is 26.2 Å². The summed E-state index contributed by atoms with van der Waals surface area (Å²) in [5.74, 6) is -0.440. The molecular weight excluding hydrogens is 272 g/mol. The number of anilines is 1. The number of hydrogen-bond acceptors (Lipinski definition) is 5. The normalized spacial score (nSPS) is 13.1. The van der Waals surface area contributed by atoms with Crippen molar-refractivity contribution < 1.29 is 19.1 Å². The number of nitrogen functional groups attached to an aromatic ring is 1. The second-order valence-electron chi connectivity index (χ2n) is 4.82. The molecule has 0 bridgehead atoms. The Morgan fingerprint density at radius 1 is 1.33 bits per heavy atom. The van der Waals surface area contributed by atoms with Gasteiger partial charge in [0, 0.05) is 6.04 Å². The molecule has 1 aromatic rings. The van der Waals surface area contributed by atoms with E-state index in [0.29, 0.717) is 11.4 Å². The van der Waals surface area contributed by atoms with E-state index >= 15 is 0 Å². The molecule has 0 heterocycles. The van der Waals surface area contributed by atoms with Crippen LogP contribution >= 0.6 is 0 Å². The number of amides is 1. The zero-order valence-corrected chi connectivity index (χ0v) is 12.8. The molecule has 0 aromatic heterocycles. The average Bonchev–Trinajstić information content (AvgIpc) is 2.46. The zero-order valence-electron chi connectivity index (χ0n) is 12.8. The summed E-state index contributed by atoms with van der Waals surface area (Å²) in [6, 6.07) is 4.61. The summed E-state index contributed by atoms with van der Waals surface area (Å²) in [6.45, 7) is 5.38. The van der Waals surface area contributed by atoms with E-state index in [-0.39, 0.29) is 17.5 Å². The van der Waals surface area contributed by atoms with Crippen molar-refractivity contribution in [2.45, 2.75) is 39.3 Å². The van der Waals surface area contributed by atoms with E-state index in [4.69, 9.17) is 15.2 Å². The summed E-state index contributed by atoms with van der Waals surface area (Å²) >= 11 is 0. The summed E-state index contributed by atoms with van der Waals surface area (Å²) in [5, 5.41) is 2.75. The van der Waals surface area contributed by atoms with Crippen molar-refractivity contribution in [1.82, 2.24) is 5.32 Å². The minimum Gasteiger partial charge on any atom is -0.495 e. The quantitative estimate of drug-likeness (QED) is 0.616. The van der Waals surface area contributed by atoms with Crippen molar-refractivity contribution in [2.75, 3.05) is 12.8 Å². The summed E-state index contributed by atoms with van der Waals surface area (Å²) in [5.41, 5.74) is 6.34. The lowest BCUT2D eigenvalue weighted by Crippen LogP contribution is -2.40. The number of carbonyl (C=O) groups excluding carboxylic acids is 2. The van der Waals surface area contributed by atoms with Gasteiger partial charge in [-0.25, -0.2) is 4.79 Å². The maximum Gasteiger partial charge on any atom is 0.338 e. The van der Waals surface area contributed by atoms with E-state index in [1.54, 1.807) is 6.07 Å². The molecule has 6 heteroatoms. The van der Waals surface area contributed by atoms with Crippen molar-refractivity contribution in [2.24, 2.45) is 0 Å². The van der Waals surface area contributed by atoms with Gasteiger partial charge in [-0.1, -0.05) is 6.92 Å².